The van der Waals surface area contributed by atoms with Crippen molar-refractivity contribution in [2.24, 2.45) is 0 Å². The summed E-state index contributed by atoms with van der Waals surface area (Å²) in [6.45, 7) is 0.703. The average Bonchev–Trinajstić information content (AvgIpc) is 2.64. The van der Waals surface area contributed by atoms with E-state index in [-0.39, 0.29) is 18.1 Å². The molecule has 26 heavy (non-hydrogen) atoms. The third-order valence-corrected chi connectivity index (χ3v) is 4.06. The second-order valence-electron chi connectivity index (χ2n) is 5.55. The first-order chi connectivity index (χ1) is 12.5. The third-order valence-electron chi connectivity index (χ3n) is 3.73. The molecule has 0 atom stereocenters. The molecule has 0 aliphatic heterocycles. The molecule has 0 bridgehead atoms. The van der Waals surface area contributed by atoms with Crippen LogP contribution >= 0.6 is 11.6 Å². The summed E-state index contributed by atoms with van der Waals surface area (Å²) < 4.78 is 18.2. The van der Waals surface area contributed by atoms with Crippen LogP contribution in [0, 0.1) is 5.82 Å². The minimum absolute atomic E-state index is 0.158. The first-order valence-electron chi connectivity index (χ1n) is 8.13. The van der Waals surface area contributed by atoms with Gasteiger partial charge in [-0.2, -0.15) is 0 Å². The maximum absolute atomic E-state index is 13.5. The number of hydrogen-bond acceptors (Lipinski definition) is 4. The quantitative estimate of drug-likeness (QED) is 0.691. The van der Waals surface area contributed by atoms with Crippen molar-refractivity contribution in [1.82, 2.24) is 5.32 Å². The van der Waals surface area contributed by atoms with E-state index in [4.69, 9.17) is 11.6 Å². The van der Waals surface area contributed by atoms with Crippen LogP contribution < -0.4 is 10.6 Å². The number of methoxy groups -OCH3 is 1. The number of hydrogen-bond donors (Lipinski definition) is 2. The lowest BCUT2D eigenvalue weighted by Gasteiger charge is -2.10. The molecule has 0 spiro atoms. The first-order valence-corrected chi connectivity index (χ1v) is 8.51. The number of ether oxygens (including phenoxy) is 1. The predicted molar refractivity (Wildman–Crippen MR) is 99.0 cm³/mol. The lowest BCUT2D eigenvalue weighted by atomic mass is 10.1. The summed E-state index contributed by atoms with van der Waals surface area (Å²) in [5.41, 5.74) is 1.49. The molecule has 0 aliphatic rings. The van der Waals surface area contributed by atoms with E-state index in [2.05, 4.69) is 15.4 Å². The molecular weight excluding hydrogens is 359 g/mol. The summed E-state index contributed by atoms with van der Waals surface area (Å²) in [4.78, 5) is 23.4. The second kappa shape index (κ2) is 9.77. The third kappa shape index (κ3) is 5.74. The van der Waals surface area contributed by atoms with Gasteiger partial charge in [0.25, 0.3) is 0 Å². The summed E-state index contributed by atoms with van der Waals surface area (Å²) in [6, 6.07) is 11.2. The molecule has 0 saturated carbocycles. The highest BCUT2D eigenvalue weighted by Crippen LogP contribution is 2.23. The highest BCUT2D eigenvalue weighted by atomic mass is 35.5. The van der Waals surface area contributed by atoms with Gasteiger partial charge in [-0.3, -0.25) is 4.79 Å². The molecule has 0 aromatic heterocycles. The molecule has 0 radical (unpaired) electrons. The number of nitrogens with one attached hydrogen (secondary N) is 2. The average molecular weight is 379 g/mol. The molecule has 0 unspecified atom stereocenters. The lowest BCUT2D eigenvalue weighted by molar-refractivity contribution is -0.120. The molecule has 2 aromatic rings. The fourth-order valence-corrected chi connectivity index (χ4v) is 2.53. The van der Waals surface area contributed by atoms with E-state index in [9.17, 15) is 14.0 Å². The largest absolute Gasteiger partial charge is 0.465 e. The lowest BCUT2D eigenvalue weighted by Crippen LogP contribution is -2.27. The monoisotopic (exact) mass is 378 g/mol. The topological polar surface area (TPSA) is 67.4 Å². The first kappa shape index (κ1) is 19.7. The van der Waals surface area contributed by atoms with E-state index in [0.29, 0.717) is 41.3 Å². The van der Waals surface area contributed by atoms with E-state index in [1.54, 1.807) is 36.4 Å². The van der Waals surface area contributed by atoms with Crippen molar-refractivity contribution in [2.45, 2.75) is 12.8 Å². The Balaban J connectivity index is 1.76. The van der Waals surface area contributed by atoms with Crippen molar-refractivity contribution >= 4 is 29.2 Å². The van der Waals surface area contributed by atoms with Gasteiger partial charge in [-0.05, 0) is 36.2 Å². The van der Waals surface area contributed by atoms with Crippen molar-refractivity contribution in [2.75, 3.05) is 25.5 Å². The Bertz CT molecular complexity index is 783. The standard InChI is InChI=1S/C19H20ClFN2O3/c1-26-19(25)14-6-7-15(20)17(12-14)22-11-9-18(24)23-10-8-13-4-2-3-5-16(13)21/h2-7,12,22H,8-11H2,1H3,(H,23,24). The van der Waals surface area contributed by atoms with Crippen molar-refractivity contribution in [3.63, 3.8) is 0 Å². The molecule has 1 amide bonds. The second-order valence-corrected chi connectivity index (χ2v) is 5.96. The summed E-state index contributed by atoms with van der Waals surface area (Å²) >= 11 is 6.07. The van der Waals surface area contributed by atoms with Crippen LogP contribution in [-0.4, -0.2) is 32.1 Å². The summed E-state index contributed by atoms with van der Waals surface area (Å²) in [7, 11) is 1.30. The van der Waals surface area contributed by atoms with Gasteiger partial charge < -0.3 is 15.4 Å². The van der Waals surface area contributed by atoms with E-state index in [0.717, 1.165) is 0 Å². The van der Waals surface area contributed by atoms with Gasteiger partial charge in [-0.25, -0.2) is 9.18 Å². The van der Waals surface area contributed by atoms with Crippen molar-refractivity contribution in [3.8, 4) is 0 Å². The maximum Gasteiger partial charge on any atom is 0.337 e. The molecule has 7 heteroatoms. The number of carbonyl (C=O) groups is 2. The molecular formula is C19H20ClFN2O3. The van der Waals surface area contributed by atoms with Gasteiger partial charge in [0.15, 0.2) is 0 Å². The van der Waals surface area contributed by atoms with Crippen molar-refractivity contribution in [1.29, 1.82) is 0 Å². The number of carbonyl (C=O) groups excluding carboxylic acids is 2. The van der Waals surface area contributed by atoms with E-state index < -0.39 is 5.97 Å². The predicted octanol–water partition coefficient (Wildman–Crippen LogP) is 3.43. The molecule has 2 aromatic carbocycles. The minimum atomic E-state index is -0.462. The van der Waals surface area contributed by atoms with Crippen LogP contribution in [0.25, 0.3) is 0 Å². The summed E-state index contributed by atoms with van der Waals surface area (Å²) in [5.74, 6) is -0.895. The van der Waals surface area contributed by atoms with Gasteiger partial charge in [-0.1, -0.05) is 29.8 Å². The Morgan fingerprint density at radius 1 is 1.15 bits per heavy atom. The van der Waals surface area contributed by atoms with Crippen LogP contribution in [0.1, 0.15) is 22.3 Å². The number of benzene rings is 2. The molecule has 5 nitrogen and oxygen atoms in total. The van der Waals surface area contributed by atoms with Crippen LogP contribution in [0.4, 0.5) is 10.1 Å². The van der Waals surface area contributed by atoms with E-state index in [1.165, 1.54) is 13.2 Å². The van der Waals surface area contributed by atoms with Gasteiger partial charge in [-0.15, -0.1) is 0 Å². The summed E-state index contributed by atoms with van der Waals surface area (Å²) in [5, 5.41) is 6.21. The maximum atomic E-state index is 13.5. The smallest absolute Gasteiger partial charge is 0.337 e. The molecule has 0 fully saturated rings. The van der Waals surface area contributed by atoms with Crippen LogP contribution in [0.5, 0.6) is 0 Å². The highest BCUT2D eigenvalue weighted by molar-refractivity contribution is 6.33. The Morgan fingerprint density at radius 2 is 1.92 bits per heavy atom. The van der Waals surface area contributed by atoms with Crippen molar-refractivity contribution in [3.05, 3.63) is 64.4 Å². The van der Waals surface area contributed by atoms with Crippen LogP contribution in [0.15, 0.2) is 42.5 Å². The van der Waals surface area contributed by atoms with Gasteiger partial charge in [0, 0.05) is 19.5 Å². The zero-order chi connectivity index (χ0) is 18.9. The fraction of sp³-hybridized carbons (Fsp3) is 0.263. The molecule has 2 N–H and O–H groups in total. The molecule has 0 heterocycles. The van der Waals surface area contributed by atoms with Gasteiger partial charge >= 0.3 is 5.97 Å². The number of esters is 1. The number of anilines is 1. The number of rotatable bonds is 8. The van der Waals surface area contributed by atoms with Gasteiger partial charge in [0.05, 0.1) is 23.4 Å². The minimum Gasteiger partial charge on any atom is -0.465 e. The summed E-state index contributed by atoms with van der Waals surface area (Å²) in [6.07, 6.45) is 0.648. The SMILES string of the molecule is COC(=O)c1ccc(Cl)c(NCCC(=O)NCCc2ccccc2F)c1. The van der Waals surface area contributed by atoms with Crippen LogP contribution in [-0.2, 0) is 16.0 Å². The van der Waals surface area contributed by atoms with E-state index in [1.807, 2.05) is 0 Å². The zero-order valence-corrected chi connectivity index (χ0v) is 15.1. The Hall–Kier alpha value is -2.60. The van der Waals surface area contributed by atoms with Crippen LogP contribution in [0.3, 0.4) is 0 Å². The Kier molecular flexibility index (Phi) is 7.41. The zero-order valence-electron chi connectivity index (χ0n) is 14.4. The highest BCUT2D eigenvalue weighted by Gasteiger charge is 2.09. The van der Waals surface area contributed by atoms with Crippen molar-refractivity contribution < 1.29 is 18.7 Å². The fourth-order valence-electron chi connectivity index (χ4n) is 2.34. The number of halogens is 2. The Morgan fingerprint density at radius 3 is 2.65 bits per heavy atom. The van der Waals surface area contributed by atoms with Gasteiger partial charge in [0.1, 0.15) is 5.82 Å². The van der Waals surface area contributed by atoms with Gasteiger partial charge in [0.2, 0.25) is 5.91 Å². The molecule has 2 rings (SSSR count). The number of amides is 1. The normalized spacial score (nSPS) is 10.3. The molecule has 0 aliphatic carbocycles. The van der Waals surface area contributed by atoms with Crippen LogP contribution in [0.2, 0.25) is 5.02 Å². The molecule has 138 valence electrons. The molecule has 0 saturated heterocycles. The van der Waals surface area contributed by atoms with E-state index >= 15 is 0 Å². The Labute approximate surface area is 156 Å².